The van der Waals surface area contributed by atoms with E-state index < -0.39 is 24.3 Å². The lowest BCUT2D eigenvalue weighted by atomic mass is 10.2. The molecule has 158 valence electrons. The maximum absolute atomic E-state index is 13.0. The van der Waals surface area contributed by atoms with Gasteiger partial charge in [0.25, 0.3) is 5.56 Å². The number of aromatic nitrogens is 2. The number of alkyl halides is 3. The fourth-order valence-electron chi connectivity index (χ4n) is 2.83. The molecule has 2 heterocycles. The average molecular weight is 421 g/mol. The molecule has 1 aromatic carbocycles. The predicted octanol–water partition coefficient (Wildman–Crippen LogP) is 2.66. The topological polar surface area (TPSA) is 92.9 Å². The second-order valence-corrected chi connectivity index (χ2v) is 6.39. The number of carbonyl (C=O) groups is 1. The molecule has 10 heteroatoms. The van der Waals surface area contributed by atoms with Crippen molar-refractivity contribution in [1.82, 2.24) is 9.38 Å². The number of fused-ring (bicyclic) bond motifs is 1. The minimum absolute atomic E-state index is 0.0121. The number of amides is 1. The minimum Gasteiger partial charge on any atom is -0.493 e. The fraction of sp³-hybridized carbons (Fsp3) is 0.250. The van der Waals surface area contributed by atoms with E-state index >= 15 is 0 Å². The first kappa shape index (κ1) is 21.3. The maximum atomic E-state index is 13.0. The van der Waals surface area contributed by atoms with Gasteiger partial charge in [-0.2, -0.15) is 13.2 Å². The highest BCUT2D eigenvalue weighted by Gasteiger charge is 2.33. The number of halogens is 3. The average Bonchev–Trinajstić information content (AvgIpc) is 2.72. The normalized spacial score (nSPS) is 11.5. The summed E-state index contributed by atoms with van der Waals surface area (Å²) in [5.74, 6) is -0.884. The lowest BCUT2D eigenvalue weighted by Gasteiger charge is -2.13. The Labute approximate surface area is 168 Å². The Morgan fingerprint density at radius 1 is 1.20 bits per heavy atom. The Balaban J connectivity index is 1.69. The first-order valence-electron chi connectivity index (χ1n) is 8.99. The van der Waals surface area contributed by atoms with Crippen LogP contribution in [0.3, 0.4) is 0 Å². The molecule has 0 bridgehead atoms. The van der Waals surface area contributed by atoms with Crippen LogP contribution in [0.4, 0.5) is 18.9 Å². The van der Waals surface area contributed by atoms with Crippen molar-refractivity contribution in [2.45, 2.75) is 19.0 Å². The van der Waals surface area contributed by atoms with Gasteiger partial charge in [-0.3, -0.25) is 14.0 Å². The largest absolute Gasteiger partial charge is 0.493 e. The Hall–Kier alpha value is -3.40. The third kappa shape index (κ3) is 4.95. The number of aryl methyl sites for hydroxylation is 1. The lowest BCUT2D eigenvalue weighted by molar-refractivity contribution is -0.139. The lowest BCUT2D eigenvalue weighted by Crippen LogP contribution is -2.21. The fourth-order valence-corrected chi connectivity index (χ4v) is 2.83. The van der Waals surface area contributed by atoms with E-state index in [1.54, 1.807) is 6.07 Å². The van der Waals surface area contributed by atoms with Crippen molar-refractivity contribution in [2.24, 2.45) is 0 Å². The van der Waals surface area contributed by atoms with Gasteiger partial charge < -0.3 is 15.2 Å². The summed E-state index contributed by atoms with van der Waals surface area (Å²) in [6.07, 6.45) is -1.17. The van der Waals surface area contributed by atoms with E-state index in [0.717, 1.165) is 6.07 Å². The van der Waals surface area contributed by atoms with Crippen LogP contribution in [0.25, 0.3) is 5.65 Å². The molecule has 1 amide bonds. The Morgan fingerprint density at radius 2 is 1.97 bits per heavy atom. The van der Waals surface area contributed by atoms with Gasteiger partial charge >= 0.3 is 6.18 Å². The molecule has 0 radical (unpaired) electrons. The highest BCUT2D eigenvalue weighted by atomic mass is 19.4. The molecule has 30 heavy (non-hydrogen) atoms. The zero-order valence-corrected chi connectivity index (χ0v) is 15.6. The number of aliphatic hydroxyl groups is 1. The molecule has 0 saturated heterocycles. The van der Waals surface area contributed by atoms with Crippen molar-refractivity contribution in [3.63, 3.8) is 0 Å². The van der Waals surface area contributed by atoms with Crippen LogP contribution in [0.1, 0.15) is 17.5 Å². The van der Waals surface area contributed by atoms with Gasteiger partial charge in [0.05, 0.1) is 17.9 Å². The van der Waals surface area contributed by atoms with E-state index in [0.29, 0.717) is 23.3 Å². The first-order valence-corrected chi connectivity index (χ1v) is 8.99. The molecule has 0 fully saturated rings. The van der Waals surface area contributed by atoms with Crippen LogP contribution >= 0.6 is 0 Å². The summed E-state index contributed by atoms with van der Waals surface area (Å²) >= 11 is 0. The Morgan fingerprint density at radius 3 is 2.70 bits per heavy atom. The van der Waals surface area contributed by atoms with E-state index in [2.05, 4.69) is 10.3 Å². The molecule has 0 unspecified atom stereocenters. The summed E-state index contributed by atoms with van der Waals surface area (Å²) in [5.41, 5.74) is -0.188. The van der Waals surface area contributed by atoms with E-state index in [1.165, 1.54) is 41.1 Å². The summed E-state index contributed by atoms with van der Waals surface area (Å²) in [5, 5.41) is 11.2. The zero-order valence-electron chi connectivity index (χ0n) is 15.6. The van der Waals surface area contributed by atoms with Crippen molar-refractivity contribution in [2.75, 3.05) is 18.5 Å². The monoisotopic (exact) mass is 421 g/mol. The van der Waals surface area contributed by atoms with Gasteiger partial charge in [0, 0.05) is 18.0 Å². The van der Waals surface area contributed by atoms with Gasteiger partial charge in [-0.05, 0) is 37.1 Å². The second-order valence-electron chi connectivity index (χ2n) is 6.39. The number of nitrogens with one attached hydrogen (secondary N) is 1. The van der Waals surface area contributed by atoms with Crippen LogP contribution in [0.15, 0.2) is 53.6 Å². The molecule has 0 aliphatic heterocycles. The molecule has 2 N–H and O–H groups in total. The smallest absolute Gasteiger partial charge is 0.419 e. The third-order valence-electron chi connectivity index (χ3n) is 4.24. The van der Waals surface area contributed by atoms with Gasteiger partial charge in [-0.15, -0.1) is 0 Å². The van der Waals surface area contributed by atoms with E-state index in [4.69, 9.17) is 9.84 Å². The highest BCUT2D eigenvalue weighted by molar-refractivity contribution is 5.91. The summed E-state index contributed by atoms with van der Waals surface area (Å²) in [7, 11) is 0. The Kier molecular flexibility index (Phi) is 6.36. The summed E-state index contributed by atoms with van der Waals surface area (Å²) in [6, 6.07) is 8.02. The molecular weight excluding hydrogens is 403 g/mol. The number of pyridine rings is 1. The SMILES string of the molecule is O=C(CO)Nc1ccc2ncc(CCCOc3ccccc3C(F)(F)F)c(=O)n2c1. The number of nitrogens with zero attached hydrogens (tertiary/aromatic N) is 2. The summed E-state index contributed by atoms with van der Waals surface area (Å²) < 4.78 is 45.5. The van der Waals surface area contributed by atoms with Crippen LogP contribution in [0, 0.1) is 0 Å². The van der Waals surface area contributed by atoms with Crippen LogP contribution in [0.2, 0.25) is 0 Å². The summed E-state index contributed by atoms with van der Waals surface area (Å²) in [4.78, 5) is 28.1. The predicted molar refractivity (Wildman–Crippen MR) is 102 cm³/mol. The number of ether oxygens (including phenoxy) is 1. The second kappa shape index (κ2) is 8.95. The number of para-hydroxylation sites is 1. The number of benzene rings is 1. The van der Waals surface area contributed by atoms with Gasteiger partial charge in [-0.25, -0.2) is 4.98 Å². The number of anilines is 1. The molecule has 3 aromatic rings. The molecule has 3 rings (SSSR count). The van der Waals surface area contributed by atoms with E-state index in [9.17, 15) is 22.8 Å². The van der Waals surface area contributed by atoms with Gasteiger partial charge in [0.2, 0.25) is 5.91 Å². The number of aliphatic hydroxyl groups excluding tert-OH is 1. The van der Waals surface area contributed by atoms with Crippen LogP contribution in [-0.4, -0.2) is 33.6 Å². The minimum atomic E-state index is -4.51. The van der Waals surface area contributed by atoms with Crippen molar-refractivity contribution >= 4 is 17.2 Å². The molecule has 0 atom stereocenters. The van der Waals surface area contributed by atoms with Crippen LogP contribution in [0.5, 0.6) is 5.75 Å². The van der Waals surface area contributed by atoms with E-state index in [1.807, 2.05) is 0 Å². The molecule has 0 spiro atoms. The summed E-state index contributed by atoms with van der Waals surface area (Å²) in [6.45, 7) is -0.704. The molecular formula is C20H18F3N3O4. The molecule has 0 aliphatic carbocycles. The maximum Gasteiger partial charge on any atom is 0.419 e. The number of rotatable bonds is 7. The van der Waals surface area contributed by atoms with Gasteiger partial charge in [0.15, 0.2) is 0 Å². The van der Waals surface area contributed by atoms with Crippen LogP contribution in [-0.2, 0) is 17.4 Å². The number of carbonyl (C=O) groups excluding carboxylic acids is 1. The standard InChI is InChI=1S/C20H18F3N3O4/c21-20(22,23)15-5-1-2-6-16(15)30-9-3-4-13-10-24-17-8-7-14(25-18(28)12-27)11-26(17)19(13)29/h1-2,5-8,10-11,27H,3-4,9,12H2,(H,25,28). The van der Waals surface area contributed by atoms with Crippen molar-refractivity contribution in [3.05, 3.63) is 70.3 Å². The number of hydrogen-bond donors (Lipinski definition) is 2. The van der Waals surface area contributed by atoms with Gasteiger partial charge in [0.1, 0.15) is 18.0 Å². The molecule has 0 saturated carbocycles. The third-order valence-corrected chi connectivity index (χ3v) is 4.24. The quantitative estimate of drug-likeness (QED) is 0.573. The first-order chi connectivity index (χ1) is 14.3. The highest BCUT2D eigenvalue weighted by Crippen LogP contribution is 2.35. The van der Waals surface area contributed by atoms with Crippen molar-refractivity contribution < 1.29 is 27.8 Å². The molecule has 0 aliphatic rings. The van der Waals surface area contributed by atoms with Crippen molar-refractivity contribution in [3.8, 4) is 5.75 Å². The van der Waals surface area contributed by atoms with Gasteiger partial charge in [-0.1, -0.05) is 12.1 Å². The number of hydrogen-bond acceptors (Lipinski definition) is 5. The molecule has 2 aromatic heterocycles. The van der Waals surface area contributed by atoms with Crippen LogP contribution < -0.4 is 15.6 Å². The van der Waals surface area contributed by atoms with E-state index in [-0.39, 0.29) is 24.3 Å². The van der Waals surface area contributed by atoms with Crippen molar-refractivity contribution in [1.29, 1.82) is 0 Å². The zero-order chi connectivity index (χ0) is 21.7. The molecule has 7 nitrogen and oxygen atoms in total. The Bertz CT molecular complexity index is 1110.